The van der Waals surface area contributed by atoms with Crippen molar-refractivity contribution >= 4 is 11.9 Å². The lowest BCUT2D eigenvalue weighted by atomic mass is 10.00. The summed E-state index contributed by atoms with van der Waals surface area (Å²) < 4.78 is 0. The Morgan fingerprint density at radius 1 is 1.45 bits per heavy atom. The number of nitrogens with zero attached hydrogens (tertiary/aromatic N) is 1. The highest BCUT2D eigenvalue weighted by molar-refractivity contribution is 5.83. The Morgan fingerprint density at radius 3 is 2.86 bits per heavy atom. The van der Waals surface area contributed by atoms with Gasteiger partial charge in [0.1, 0.15) is 0 Å². The lowest BCUT2D eigenvalue weighted by Gasteiger charge is -2.21. The molecule has 2 rings (SSSR count). The van der Waals surface area contributed by atoms with E-state index in [0.29, 0.717) is 5.92 Å². The molecule has 1 aliphatic heterocycles. The molecule has 4 N–H and O–H groups in total. The quantitative estimate of drug-likeness (QED) is 0.426. The highest BCUT2D eigenvalue weighted by Gasteiger charge is 2.29. The van der Waals surface area contributed by atoms with Gasteiger partial charge in [0.05, 0.1) is 5.92 Å². The van der Waals surface area contributed by atoms with Crippen LogP contribution in [0.5, 0.6) is 0 Å². The molecule has 5 heteroatoms. The van der Waals surface area contributed by atoms with E-state index in [-0.39, 0.29) is 17.8 Å². The lowest BCUT2D eigenvalue weighted by Crippen LogP contribution is -2.32. The minimum Gasteiger partial charge on any atom is -0.370 e. The van der Waals surface area contributed by atoms with Gasteiger partial charge in [-0.25, -0.2) is 0 Å². The lowest BCUT2D eigenvalue weighted by molar-refractivity contribution is -0.131. The minimum atomic E-state index is -0.0701. The van der Waals surface area contributed by atoms with Gasteiger partial charge in [0.25, 0.3) is 0 Å². The fraction of sp³-hybridized carbons (Fsp3) is 0.529. The SMILES string of the molecule is CC(C(=O)N1CCC(CCCNC(=N)N)C1)c1ccccc1. The van der Waals surface area contributed by atoms with Crippen LogP contribution in [-0.4, -0.2) is 36.4 Å². The van der Waals surface area contributed by atoms with E-state index in [1.165, 1.54) is 0 Å². The molecule has 0 saturated carbocycles. The van der Waals surface area contributed by atoms with Gasteiger partial charge in [0.2, 0.25) is 5.91 Å². The summed E-state index contributed by atoms with van der Waals surface area (Å²) in [5.41, 5.74) is 6.34. The van der Waals surface area contributed by atoms with Crippen molar-refractivity contribution < 1.29 is 4.79 Å². The van der Waals surface area contributed by atoms with E-state index in [0.717, 1.165) is 44.5 Å². The van der Waals surface area contributed by atoms with Crippen molar-refractivity contribution in [2.75, 3.05) is 19.6 Å². The summed E-state index contributed by atoms with van der Waals surface area (Å²) in [7, 11) is 0. The van der Waals surface area contributed by atoms with Crippen LogP contribution < -0.4 is 11.1 Å². The largest absolute Gasteiger partial charge is 0.370 e. The molecule has 5 nitrogen and oxygen atoms in total. The van der Waals surface area contributed by atoms with Gasteiger partial charge in [-0.1, -0.05) is 30.3 Å². The van der Waals surface area contributed by atoms with Gasteiger partial charge in [-0.3, -0.25) is 10.2 Å². The average molecular weight is 302 g/mol. The predicted octanol–water partition coefficient (Wildman–Crippen LogP) is 1.90. The van der Waals surface area contributed by atoms with Crippen LogP contribution in [0.2, 0.25) is 0 Å². The fourth-order valence-electron chi connectivity index (χ4n) is 3.04. The summed E-state index contributed by atoms with van der Waals surface area (Å²) in [6.45, 7) is 4.44. The molecular weight excluding hydrogens is 276 g/mol. The number of likely N-dealkylation sites (tertiary alicyclic amines) is 1. The van der Waals surface area contributed by atoms with E-state index in [9.17, 15) is 4.79 Å². The first kappa shape index (κ1) is 16.3. The van der Waals surface area contributed by atoms with Crippen LogP contribution >= 0.6 is 0 Å². The molecule has 1 aromatic carbocycles. The Kier molecular flexibility index (Phi) is 5.81. The zero-order valence-electron chi connectivity index (χ0n) is 13.2. The number of benzene rings is 1. The molecule has 1 heterocycles. The third-order valence-electron chi connectivity index (χ3n) is 4.37. The molecule has 120 valence electrons. The topological polar surface area (TPSA) is 82.2 Å². The van der Waals surface area contributed by atoms with E-state index in [2.05, 4.69) is 5.32 Å². The molecule has 1 fully saturated rings. The van der Waals surface area contributed by atoms with Crippen molar-refractivity contribution in [2.24, 2.45) is 11.7 Å². The van der Waals surface area contributed by atoms with Gasteiger partial charge in [0, 0.05) is 19.6 Å². The number of carbonyl (C=O) groups is 1. The third-order valence-corrected chi connectivity index (χ3v) is 4.37. The summed E-state index contributed by atoms with van der Waals surface area (Å²) in [6.07, 6.45) is 3.14. The Balaban J connectivity index is 1.77. The number of carbonyl (C=O) groups excluding carboxylic acids is 1. The molecule has 1 aromatic rings. The molecule has 0 bridgehead atoms. The molecule has 0 aliphatic carbocycles. The van der Waals surface area contributed by atoms with E-state index >= 15 is 0 Å². The van der Waals surface area contributed by atoms with Crippen LogP contribution in [0.15, 0.2) is 30.3 Å². The number of rotatable bonds is 6. The van der Waals surface area contributed by atoms with Gasteiger partial charge in [-0.05, 0) is 37.7 Å². The van der Waals surface area contributed by atoms with E-state index < -0.39 is 0 Å². The van der Waals surface area contributed by atoms with Crippen LogP contribution in [0.25, 0.3) is 0 Å². The van der Waals surface area contributed by atoms with E-state index in [1.54, 1.807) is 0 Å². The molecule has 2 atom stereocenters. The zero-order valence-corrected chi connectivity index (χ0v) is 13.2. The fourth-order valence-corrected chi connectivity index (χ4v) is 3.04. The Hall–Kier alpha value is -2.04. The highest BCUT2D eigenvalue weighted by Crippen LogP contribution is 2.25. The molecule has 0 spiro atoms. The van der Waals surface area contributed by atoms with Crippen molar-refractivity contribution in [2.45, 2.75) is 32.1 Å². The van der Waals surface area contributed by atoms with Gasteiger partial charge >= 0.3 is 0 Å². The minimum absolute atomic E-state index is 0.0277. The van der Waals surface area contributed by atoms with E-state index in [4.69, 9.17) is 11.1 Å². The number of guanidine groups is 1. The van der Waals surface area contributed by atoms with Crippen molar-refractivity contribution in [3.63, 3.8) is 0 Å². The summed E-state index contributed by atoms with van der Waals surface area (Å²) in [5.74, 6) is 0.760. The zero-order chi connectivity index (χ0) is 15.9. The van der Waals surface area contributed by atoms with Crippen LogP contribution in [0.1, 0.15) is 37.7 Å². The number of hydrogen-bond acceptors (Lipinski definition) is 2. The monoisotopic (exact) mass is 302 g/mol. The molecule has 2 unspecified atom stereocenters. The second-order valence-corrected chi connectivity index (χ2v) is 6.05. The normalized spacial score (nSPS) is 19.0. The maximum atomic E-state index is 12.6. The van der Waals surface area contributed by atoms with Gasteiger partial charge in [-0.2, -0.15) is 0 Å². The molecule has 1 amide bonds. The standard InChI is InChI=1S/C17H26N4O/c1-13(15-7-3-2-4-8-15)16(22)21-11-9-14(12-21)6-5-10-20-17(18)19/h2-4,7-8,13-14H,5-6,9-12H2,1H3,(H4,18,19,20). The van der Waals surface area contributed by atoms with Crippen LogP contribution in [0, 0.1) is 11.3 Å². The van der Waals surface area contributed by atoms with Crippen molar-refractivity contribution in [1.29, 1.82) is 5.41 Å². The second-order valence-electron chi connectivity index (χ2n) is 6.05. The van der Waals surface area contributed by atoms with Gasteiger partial charge in [-0.15, -0.1) is 0 Å². The maximum absolute atomic E-state index is 12.6. The molecule has 22 heavy (non-hydrogen) atoms. The summed E-state index contributed by atoms with van der Waals surface area (Å²) in [6, 6.07) is 9.97. The smallest absolute Gasteiger partial charge is 0.229 e. The second kappa shape index (κ2) is 7.82. The first-order valence-corrected chi connectivity index (χ1v) is 7.99. The van der Waals surface area contributed by atoms with Crippen LogP contribution in [0.4, 0.5) is 0 Å². The predicted molar refractivity (Wildman–Crippen MR) is 88.7 cm³/mol. The maximum Gasteiger partial charge on any atom is 0.229 e. The summed E-state index contributed by atoms with van der Waals surface area (Å²) in [5, 5.41) is 9.94. The van der Waals surface area contributed by atoms with E-state index in [1.807, 2.05) is 42.2 Å². The Morgan fingerprint density at radius 2 is 2.18 bits per heavy atom. The highest BCUT2D eigenvalue weighted by atomic mass is 16.2. The molecule has 1 aliphatic rings. The summed E-state index contributed by atoms with van der Waals surface area (Å²) >= 11 is 0. The third kappa shape index (κ3) is 4.48. The Labute approximate surface area is 132 Å². The van der Waals surface area contributed by atoms with Crippen molar-refractivity contribution in [3.05, 3.63) is 35.9 Å². The number of hydrogen-bond donors (Lipinski definition) is 3. The molecule has 0 aromatic heterocycles. The van der Waals surface area contributed by atoms with Crippen LogP contribution in [0.3, 0.4) is 0 Å². The number of amides is 1. The average Bonchev–Trinajstić information content (AvgIpc) is 2.99. The van der Waals surface area contributed by atoms with Gasteiger partial charge < -0.3 is 16.0 Å². The van der Waals surface area contributed by atoms with Crippen molar-refractivity contribution in [1.82, 2.24) is 10.2 Å². The number of nitrogens with two attached hydrogens (primary N) is 1. The molecular formula is C17H26N4O. The van der Waals surface area contributed by atoms with Gasteiger partial charge in [0.15, 0.2) is 5.96 Å². The number of nitrogens with one attached hydrogen (secondary N) is 2. The first-order valence-electron chi connectivity index (χ1n) is 7.99. The summed E-state index contributed by atoms with van der Waals surface area (Å²) in [4.78, 5) is 14.6. The Bertz CT molecular complexity index is 503. The molecule has 1 saturated heterocycles. The first-order chi connectivity index (χ1) is 10.6. The van der Waals surface area contributed by atoms with Crippen molar-refractivity contribution in [3.8, 4) is 0 Å². The molecule has 0 radical (unpaired) electrons. The van der Waals surface area contributed by atoms with Crippen LogP contribution in [-0.2, 0) is 4.79 Å².